The predicted molar refractivity (Wildman–Crippen MR) is 74.1 cm³/mol. The highest BCUT2D eigenvalue weighted by molar-refractivity contribution is 9.10. The second kappa shape index (κ2) is 6.03. The molecule has 102 valence electrons. The van der Waals surface area contributed by atoms with E-state index in [4.69, 9.17) is 15.0 Å². The van der Waals surface area contributed by atoms with E-state index in [1.54, 1.807) is 13.2 Å². The van der Waals surface area contributed by atoms with Gasteiger partial charge in [-0.15, -0.1) is 0 Å². The largest absolute Gasteiger partial charge is 0.496 e. The summed E-state index contributed by atoms with van der Waals surface area (Å²) in [6.45, 7) is 0.987. The highest BCUT2D eigenvalue weighted by Crippen LogP contribution is 2.29. The molecular formula is C12H14BrN3O3. The lowest BCUT2D eigenvalue weighted by Crippen LogP contribution is -2.17. The summed E-state index contributed by atoms with van der Waals surface area (Å²) in [6.07, 6.45) is 0.686. The molecule has 0 saturated carbocycles. The molecule has 6 nitrogen and oxygen atoms in total. The number of nitrogens with zero attached hydrogens (tertiary/aromatic N) is 2. The highest BCUT2D eigenvalue weighted by Gasteiger charge is 2.13. The summed E-state index contributed by atoms with van der Waals surface area (Å²) in [5.41, 5.74) is 6.23. The molecule has 7 heteroatoms. The topological polar surface area (TPSA) is 83.3 Å². The standard InChI is InChI=1S/C12H14BrN3O3/c1-18-10-4-3-8(7-9(10)13)11-15-19-12(17)16(11)6-2-5-14/h3-4,7H,2,5-6,14H2,1H3. The van der Waals surface area contributed by atoms with E-state index in [-0.39, 0.29) is 0 Å². The molecule has 1 aromatic carbocycles. The molecule has 0 spiro atoms. The normalized spacial score (nSPS) is 10.7. The quantitative estimate of drug-likeness (QED) is 0.902. The second-order valence-electron chi connectivity index (χ2n) is 3.92. The minimum Gasteiger partial charge on any atom is -0.496 e. The number of ether oxygens (including phenoxy) is 1. The Bertz CT molecular complexity index is 621. The van der Waals surface area contributed by atoms with Gasteiger partial charge in [0.1, 0.15) is 5.75 Å². The molecule has 2 aromatic rings. The van der Waals surface area contributed by atoms with Crippen LogP contribution in [0, 0.1) is 0 Å². The fraction of sp³-hybridized carbons (Fsp3) is 0.333. The van der Waals surface area contributed by atoms with Gasteiger partial charge in [-0.2, -0.15) is 0 Å². The zero-order chi connectivity index (χ0) is 13.8. The maximum atomic E-state index is 11.6. The molecule has 0 amide bonds. The SMILES string of the molecule is COc1ccc(-c2noc(=O)n2CCCN)cc1Br. The summed E-state index contributed by atoms with van der Waals surface area (Å²) in [5.74, 6) is 0.722. The molecule has 0 aliphatic rings. The first kappa shape index (κ1) is 13.8. The number of benzene rings is 1. The van der Waals surface area contributed by atoms with Crippen molar-refractivity contribution in [3.8, 4) is 17.1 Å². The van der Waals surface area contributed by atoms with E-state index in [9.17, 15) is 4.79 Å². The molecule has 0 atom stereocenters. The Morgan fingerprint density at radius 2 is 2.32 bits per heavy atom. The van der Waals surface area contributed by atoms with Gasteiger partial charge in [-0.05, 0) is 47.1 Å². The van der Waals surface area contributed by atoms with Crippen molar-refractivity contribution in [3.05, 3.63) is 33.2 Å². The van der Waals surface area contributed by atoms with Gasteiger partial charge in [-0.3, -0.25) is 9.09 Å². The third kappa shape index (κ3) is 2.87. The van der Waals surface area contributed by atoms with Crippen LogP contribution in [-0.4, -0.2) is 23.4 Å². The molecule has 2 rings (SSSR count). The summed E-state index contributed by atoms with van der Waals surface area (Å²) in [6, 6.07) is 5.45. The van der Waals surface area contributed by atoms with E-state index < -0.39 is 5.76 Å². The fourth-order valence-corrected chi connectivity index (χ4v) is 2.27. The minimum absolute atomic E-state index is 0.476. The Kier molecular flexibility index (Phi) is 4.39. The Morgan fingerprint density at radius 3 is 2.95 bits per heavy atom. The van der Waals surface area contributed by atoms with Gasteiger partial charge in [0.2, 0.25) is 0 Å². The van der Waals surface area contributed by atoms with Gasteiger partial charge >= 0.3 is 5.76 Å². The van der Waals surface area contributed by atoms with Crippen molar-refractivity contribution in [2.24, 2.45) is 5.73 Å². The van der Waals surface area contributed by atoms with E-state index in [0.29, 0.717) is 31.1 Å². The van der Waals surface area contributed by atoms with E-state index in [1.165, 1.54) is 4.57 Å². The molecule has 0 saturated heterocycles. The maximum absolute atomic E-state index is 11.6. The minimum atomic E-state index is -0.476. The van der Waals surface area contributed by atoms with Gasteiger partial charge in [-0.25, -0.2) is 4.79 Å². The van der Waals surface area contributed by atoms with Crippen LogP contribution in [0.5, 0.6) is 5.75 Å². The summed E-state index contributed by atoms with van der Waals surface area (Å²) in [4.78, 5) is 11.6. The molecule has 0 bridgehead atoms. The molecular weight excluding hydrogens is 314 g/mol. The van der Waals surface area contributed by atoms with Crippen LogP contribution in [-0.2, 0) is 6.54 Å². The van der Waals surface area contributed by atoms with E-state index in [0.717, 1.165) is 10.0 Å². The molecule has 1 aromatic heterocycles. The molecule has 1 heterocycles. The van der Waals surface area contributed by atoms with Crippen molar-refractivity contribution in [1.82, 2.24) is 9.72 Å². The number of hydrogen-bond donors (Lipinski definition) is 1. The molecule has 0 unspecified atom stereocenters. The van der Waals surface area contributed by atoms with Gasteiger partial charge in [0, 0.05) is 12.1 Å². The van der Waals surface area contributed by atoms with Crippen LogP contribution in [0.1, 0.15) is 6.42 Å². The van der Waals surface area contributed by atoms with Crippen LogP contribution < -0.4 is 16.2 Å². The molecule has 0 aliphatic heterocycles. The Morgan fingerprint density at radius 1 is 1.53 bits per heavy atom. The Hall–Kier alpha value is -1.60. The monoisotopic (exact) mass is 327 g/mol. The number of hydrogen-bond acceptors (Lipinski definition) is 5. The van der Waals surface area contributed by atoms with Gasteiger partial charge in [-0.1, -0.05) is 5.16 Å². The summed E-state index contributed by atoms with van der Waals surface area (Å²) >= 11 is 3.40. The summed E-state index contributed by atoms with van der Waals surface area (Å²) in [7, 11) is 1.59. The van der Waals surface area contributed by atoms with Gasteiger partial charge < -0.3 is 10.5 Å². The average molecular weight is 328 g/mol. The average Bonchev–Trinajstić information content (AvgIpc) is 2.77. The first-order chi connectivity index (χ1) is 9.17. The van der Waals surface area contributed by atoms with Gasteiger partial charge in [0.25, 0.3) is 0 Å². The zero-order valence-electron chi connectivity index (χ0n) is 10.4. The van der Waals surface area contributed by atoms with Gasteiger partial charge in [0.15, 0.2) is 5.82 Å². The van der Waals surface area contributed by atoms with Crippen LogP contribution in [0.4, 0.5) is 0 Å². The van der Waals surface area contributed by atoms with Crippen LogP contribution >= 0.6 is 15.9 Å². The Balaban J connectivity index is 2.41. The highest BCUT2D eigenvalue weighted by atomic mass is 79.9. The first-order valence-electron chi connectivity index (χ1n) is 5.78. The smallest absolute Gasteiger partial charge is 0.441 e. The van der Waals surface area contributed by atoms with Crippen molar-refractivity contribution >= 4 is 15.9 Å². The Labute approximate surface area is 118 Å². The third-order valence-corrected chi connectivity index (χ3v) is 3.30. The number of aromatic nitrogens is 2. The van der Waals surface area contributed by atoms with Crippen LogP contribution in [0.3, 0.4) is 0 Å². The molecule has 0 radical (unpaired) electrons. The molecule has 0 fully saturated rings. The molecule has 2 N–H and O–H groups in total. The van der Waals surface area contributed by atoms with E-state index in [2.05, 4.69) is 21.1 Å². The number of methoxy groups -OCH3 is 1. The van der Waals surface area contributed by atoms with Crippen molar-refractivity contribution in [2.45, 2.75) is 13.0 Å². The van der Waals surface area contributed by atoms with Crippen molar-refractivity contribution in [1.29, 1.82) is 0 Å². The maximum Gasteiger partial charge on any atom is 0.441 e. The lowest BCUT2D eigenvalue weighted by molar-refractivity contribution is 0.375. The van der Waals surface area contributed by atoms with E-state index >= 15 is 0 Å². The second-order valence-corrected chi connectivity index (χ2v) is 4.77. The number of rotatable bonds is 5. The zero-order valence-corrected chi connectivity index (χ0v) is 12.0. The van der Waals surface area contributed by atoms with Crippen molar-refractivity contribution in [2.75, 3.05) is 13.7 Å². The van der Waals surface area contributed by atoms with Crippen molar-refractivity contribution in [3.63, 3.8) is 0 Å². The first-order valence-corrected chi connectivity index (χ1v) is 6.57. The third-order valence-electron chi connectivity index (χ3n) is 2.68. The lowest BCUT2D eigenvalue weighted by Gasteiger charge is -2.06. The van der Waals surface area contributed by atoms with Crippen molar-refractivity contribution < 1.29 is 9.26 Å². The van der Waals surface area contributed by atoms with Crippen LogP contribution in [0.15, 0.2) is 32.0 Å². The number of nitrogens with two attached hydrogens (primary N) is 1. The van der Waals surface area contributed by atoms with Crippen LogP contribution in [0.2, 0.25) is 0 Å². The molecule has 19 heavy (non-hydrogen) atoms. The molecule has 0 aliphatic carbocycles. The van der Waals surface area contributed by atoms with Gasteiger partial charge in [0.05, 0.1) is 11.6 Å². The predicted octanol–water partition coefficient (Wildman–Crippen LogP) is 1.62. The fourth-order valence-electron chi connectivity index (χ4n) is 1.73. The number of halogens is 1. The van der Waals surface area contributed by atoms with E-state index in [1.807, 2.05) is 12.1 Å². The van der Waals surface area contributed by atoms with Crippen LogP contribution in [0.25, 0.3) is 11.4 Å². The lowest BCUT2D eigenvalue weighted by atomic mass is 10.2. The summed E-state index contributed by atoms with van der Waals surface area (Å²) < 4.78 is 12.1. The summed E-state index contributed by atoms with van der Waals surface area (Å²) in [5, 5.41) is 3.81.